The second-order valence-electron chi connectivity index (χ2n) is 8.86. The maximum Gasteiger partial charge on any atom is 0.290 e. The minimum atomic E-state index is -0.678. The molecule has 1 aliphatic rings. The Hall–Kier alpha value is -3.39. The molecule has 35 heavy (non-hydrogen) atoms. The van der Waals surface area contributed by atoms with Crippen molar-refractivity contribution in [2.24, 2.45) is 0 Å². The number of amides is 1. The molecule has 1 aromatic heterocycles. The Labute approximate surface area is 204 Å². The first-order chi connectivity index (χ1) is 16.8. The Kier molecular flexibility index (Phi) is 7.40. The fourth-order valence-corrected chi connectivity index (χ4v) is 4.42. The number of halogens is 1. The number of rotatable bonds is 10. The number of carbonyl (C=O) groups excluding carboxylic acids is 1. The zero-order valence-corrected chi connectivity index (χ0v) is 20.6. The van der Waals surface area contributed by atoms with Crippen LogP contribution in [0.1, 0.15) is 54.4 Å². The second-order valence-corrected chi connectivity index (χ2v) is 8.86. The van der Waals surface area contributed by atoms with Gasteiger partial charge < -0.3 is 23.7 Å². The van der Waals surface area contributed by atoms with Gasteiger partial charge in [-0.25, -0.2) is 4.39 Å². The van der Waals surface area contributed by atoms with Gasteiger partial charge in [0.05, 0.1) is 30.2 Å². The van der Waals surface area contributed by atoms with Gasteiger partial charge in [0.2, 0.25) is 5.76 Å². The molecule has 1 aliphatic heterocycles. The van der Waals surface area contributed by atoms with E-state index in [1.807, 2.05) is 45.0 Å². The van der Waals surface area contributed by atoms with E-state index < -0.39 is 17.3 Å². The Balaban J connectivity index is 1.86. The summed E-state index contributed by atoms with van der Waals surface area (Å²) in [5.41, 5.74) is 0.717. The zero-order valence-electron chi connectivity index (χ0n) is 20.6. The predicted octanol–water partition coefficient (Wildman–Crippen LogP) is 4.62. The van der Waals surface area contributed by atoms with Crippen LogP contribution in [0.2, 0.25) is 0 Å². The minimum absolute atomic E-state index is 0.00762. The van der Waals surface area contributed by atoms with Gasteiger partial charge in [-0.1, -0.05) is 13.0 Å². The topological polar surface area (TPSA) is 72.2 Å². The van der Waals surface area contributed by atoms with Crippen LogP contribution >= 0.6 is 0 Å². The molecular weight excluding hydrogens is 451 g/mol. The van der Waals surface area contributed by atoms with E-state index in [1.165, 1.54) is 12.1 Å². The van der Waals surface area contributed by atoms with Crippen molar-refractivity contribution in [1.29, 1.82) is 0 Å². The van der Waals surface area contributed by atoms with Crippen molar-refractivity contribution < 1.29 is 23.1 Å². The van der Waals surface area contributed by atoms with E-state index in [0.717, 1.165) is 19.0 Å². The standard InChI is InChI=1S/C27H31FN2O5/c1-5-14-34-21-10-8-17(15-22(21)33-6-2)24-23-25(31)19-16-18(28)9-11-20(19)35-26(23)27(32)30(24)13-7-12-29(3)4/h8-11,15-16,24H,5-7,12-14H2,1-4H3/t24-/m1/s1. The van der Waals surface area contributed by atoms with Crippen LogP contribution < -0.4 is 14.9 Å². The lowest BCUT2D eigenvalue weighted by Gasteiger charge is -2.26. The predicted molar refractivity (Wildman–Crippen MR) is 132 cm³/mol. The van der Waals surface area contributed by atoms with Gasteiger partial charge in [0.25, 0.3) is 5.91 Å². The first kappa shape index (κ1) is 24.7. The highest BCUT2D eigenvalue weighted by atomic mass is 19.1. The highest BCUT2D eigenvalue weighted by Crippen LogP contribution is 2.41. The van der Waals surface area contributed by atoms with Gasteiger partial charge >= 0.3 is 0 Å². The summed E-state index contributed by atoms with van der Waals surface area (Å²) < 4.78 is 31.5. The maximum atomic E-state index is 14.0. The molecule has 0 spiro atoms. The summed E-state index contributed by atoms with van der Waals surface area (Å²) in [4.78, 5) is 30.8. The summed E-state index contributed by atoms with van der Waals surface area (Å²) in [6.45, 7) is 6.08. The lowest BCUT2D eigenvalue weighted by Crippen LogP contribution is -2.32. The first-order valence-corrected chi connectivity index (χ1v) is 12.0. The summed E-state index contributed by atoms with van der Waals surface area (Å²) in [6, 6.07) is 8.54. The van der Waals surface area contributed by atoms with Crippen molar-refractivity contribution in [2.75, 3.05) is 40.4 Å². The molecule has 0 saturated heterocycles. The molecule has 8 heteroatoms. The molecule has 2 aromatic carbocycles. The fourth-order valence-electron chi connectivity index (χ4n) is 4.42. The van der Waals surface area contributed by atoms with Gasteiger partial charge in [-0.15, -0.1) is 0 Å². The summed E-state index contributed by atoms with van der Waals surface area (Å²) in [5.74, 6) is 0.270. The minimum Gasteiger partial charge on any atom is -0.490 e. The third-order valence-corrected chi connectivity index (χ3v) is 5.98. The van der Waals surface area contributed by atoms with Crippen molar-refractivity contribution in [2.45, 2.75) is 32.7 Å². The summed E-state index contributed by atoms with van der Waals surface area (Å²) in [6.07, 6.45) is 1.56. The number of carbonyl (C=O) groups is 1. The molecule has 0 fully saturated rings. The van der Waals surface area contributed by atoms with E-state index in [0.29, 0.717) is 43.2 Å². The van der Waals surface area contributed by atoms with Crippen molar-refractivity contribution in [1.82, 2.24) is 9.80 Å². The molecule has 1 amide bonds. The van der Waals surface area contributed by atoms with E-state index in [-0.39, 0.29) is 28.2 Å². The molecule has 7 nitrogen and oxygen atoms in total. The van der Waals surface area contributed by atoms with Gasteiger partial charge in [0, 0.05) is 6.54 Å². The molecular formula is C27H31FN2O5. The van der Waals surface area contributed by atoms with Crippen LogP contribution in [0.15, 0.2) is 45.6 Å². The van der Waals surface area contributed by atoms with E-state index >= 15 is 0 Å². The Morgan fingerprint density at radius 2 is 1.86 bits per heavy atom. The number of nitrogens with zero attached hydrogens (tertiary/aromatic N) is 2. The Morgan fingerprint density at radius 3 is 2.57 bits per heavy atom. The van der Waals surface area contributed by atoms with Gasteiger partial charge in [0.15, 0.2) is 16.9 Å². The van der Waals surface area contributed by atoms with Crippen LogP contribution in [0.4, 0.5) is 4.39 Å². The lowest BCUT2D eigenvalue weighted by molar-refractivity contribution is 0.0722. The first-order valence-electron chi connectivity index (χ1n) is 12.0. The fraction of sp³-hybridized carbons (Fsp3) is 0.407. The SMILES string of the molecule is CCCOc1ccc([C@@H]2c3c(oc4ccc(F)cc4c3=O)C(=O)N2CCCN(C)C)cc1OCC. The molecule has 3 aromatic rings. The van der Waals surface area contributed by atoms with E-state index in [4.69, 9.17) is 13.9 Å². The third kappa shape index (κ3) is 4.89. The summed E-state index contributed by atoms with van der Waals surface area (Å²) >= 11 is 0. The Morgan fingerprint density at radius 1 is 1.06 bits per heavy atom. The number of hydrogen-bond acceptors (Lipinski definition) is 6. The van der Waals surface area contributed by atoms with E-state index in [9.17, 15) is 14.0 Å². The van der Waals surface area contributed by atoms with Gasteiger partial charge in [-0.3, -0.25) is 9.59 Å². The number of fused-ring (bicyclic) bond motifs is 2. The maximum absolute atomic E-state index is 14.0. The Bertz CT molecular complexity index is 1290. The van der Waals surface area contributed by atoms with Crippen molar-refractivity contribution in [3.05, 3.63) is 69.3 Å². The molecule has 4 rings (SSSR count). The summed E-state index contributed by atoms with van der Waals surface area (Å²) in [5, 5.41) is 0.115. The lowest BCUT2D eigenvalue weighted by atomic mass is 9.98. The van der Waals surface area contributed by atoms with Crippen LogP contribution in [0.3, 0.4) is 0 Å². The number of benzene rings is 2. The van der Waals surface area contributed by atoms with Crippen molar-refractivity contribution in [3.63, 3.8) is 0 Å². The van der Waals surface area contributed by atoms with Gasteiger partial charge in [-0.2, -0.15) is 0 Å². The third-order valence-electron chi connectivity index (χ3n) is 5.98. The highest BCUT2D eigenvalue weighted by molar-refractivity contribution is 5.99. The van der Waals surface area contributed by atoms with Crippen LogP contribution in [0.25, 0.3) is 11.0 Å². The molecule has 186 valence electrons. The van der Waals surface area contributed by atoms with Gasteiger partial charge in [-0.05, 0) is 76.3 Å². The molecule has 1 atom stereocenters. The molecule has 2 heterocycles. The number of hydrogen-bond donors (Lipinski definition) is 0. The van der Waals surface area contributed by atoms with Crippen molar-refractivity contribution in [3.8, 4) is 11.5 Å². The van der Waals surface area contributed by atoms with Crippen LogP contribution in [-0.2, 0) is 0 Å². The molecule has 0 radical (unpaired) electrons. The molecule has 0 unspecified atom stereocenters. The number of ether oxygens (including phenoxy) is 2. The second kappa shape index (κ2) is 10.5. The molecule has 0 saturated carbocycles. The van der Waals surface area contributed by atoms with Crippen LogP contribution in [-0.4, -0.2) is 56.1 Å². The van der Waals surface area contributed by atoms with Crippen LogP contribution in [0, 0.1) is 5.82 Å². The van der Waals surface area contributed by atoms with E-state index in [1.54, 1.807) is 11.0 Å². The van der Waals surface area contributed by atoms with Gasteiger partial charge in [0.1, 0.15) is 11.4 Å². The highest BCUT2D eigenvalue weighted by Gasteiger charge is 2.42. The molecule has 0 aliphatic carbocycles. The van der Waals surface area contributed by atoms with Crippen LogP contribution in [0.5, 0.6) is 11.5 Å². The summed E-state index contributed by atoms with van der Waals surface area (Å²) in [7, 11) is 3.93. The smallest absolute Gasteiger partial charge is 0.290 e. The monoisotopic (exact) mass is 482 g/mol. The average molecular weight is 483 g/mol. The van der Waals surface area contributed by atoms with E-state index in [2.05, 4.69) is 0 Å². The molecule has 0 bridgehead atoms. The molecule has 0 N–H and O–H groups in total. The van der Waals surface area contributed by atoms with Crippen molar-refractivity contribution >= 4 is 16.9 Å². The normalized spacial score (nSPS) is 15.2. The zero-order chi connectivity index (χ0) is 25.1. The average Bonchev–Trinajstić information content (AvgIpc) is 3.10. The quantitative estimate of drug-likeness (QED) is 0.420. The largest absolute Gasteiger partial charge is 0.490 e.